The van der Waals surface area contributed by atoms with E-state index in [0.717, 1.165) is 5.56 Å². The highest BCUT2D eigenvalue weighted by molar-refractivity contribution is 7.89. The van der Waals surface area contributed by atoms with E-state index in [1.165, 1.54) is 19.2 Å². The Morgan fingerprint density at radius 2 is 1.68 bits per heavy atom. The number of hydrogen-bond acceptors (Lipinski definition) is 5. The second kappa shape index (κ2) is 8.36. The maximum Gasteiger partial charge on any atom is 0.317 e. The van der Waals surface area contributed by atoms with Crippen LogP contribution in [-0.4, -0.2) is 28.3 Å². The number of ether oxygens (including phenoxy) is 2. The molecule has 25 heavy (non-hydrogen) atoms. The zero-order chi connectivity index (χ0) is 18.3. The Kier molecular flexibility index (Phi) is 6.20. The van der Waals surface area contributed by atoms with E-state index in [-0.39, 0.29) is 18.2 Å². The summed E-state index contributed by atoms with van der Waals surface area (Å²) in [6, 6.07) is 12.6. The van der Waals surface area contributed by atoms with Crippen LogP contribution in [0.5, 0.6) is 11.5 Å². The number of carbonyl (C=O) groups is 1. The number of rotatable bonds is 7. The van der Waals surface area contributed by atoms with Gasteiger partial charge in [-0.1, -0.05) is 24.3 Å². The molecule has 0 aliphatic rings. The van der Waals surface area contributed by atoms with E-state index in [1.54, 1.807) is 30.3 Å². The van der Waals surface area contributed by atoms with E-state index < -0.39 is 16.1 Å². The van der Waals surface area contributed by atoms with Gasteiger partial charge in [0.2, 0.25) is 10.0 Å². The van der Waals surface area contributed by atoms with Gasteiger partial charge in [-0.3, -0.25) is 0 Å². The van der Waals surface area contributed by atoms with Gasteiger partial charge in [-0.25, -0.2) is 18.4 Å². The Labute approximate surface area is 146 Å². The standard InChI is InChI=1S/C16H19N3O5S/c1-23-14-4-2-3-5-15(14)24-11-19-16(20)18-10-12-6-8-13(9-7-12)25(17,21)22/h2-9H,10-11H2,1H3,(H2,17,21,22)(H2,18,19,20). The third-order valence-electron chi connectivity index (χ3n) is 3.23. The number of para-hydroxylation sites is 2. The van der Waals surface area contributed by atoms with Crippen LogP contribution >= 0.6 is 0 Å². The molecule has 0 aliphatic heterocycles. The molecule has 2 aromatic carbocycles. The van der Waals surface area contributed by atoms with E-state index in [2.05, 4.69) is 10.6 Å². The van der Waals surface area contributed by atoms with Crippen molar-refractivity contribution >= 4 is 16.1 Å². The molecule has 8 nitrogen and oxygen atoms in total. The van der Waals surface area contributed by atoms with Crippen molar-refractivity contribution in [1.82, 2.24) is 10.6 Å². The van der Waals surface area contributed by atoms with E-state index in [0.29, 0.717) is 11.5 Å². The molecule has 0 saturated heterocycles. The molecular weight excluding hydrogens is 346 g/mol. The number of hydrogen-bond donors (Lipinski definition) is 3. The summed E-state index contributed by atoms with van der Waals surface area (Å²) in [5, 5.41) is 10.2. The number of benzene rings is 2. The van der Waals surface area contributed by atoms with Gasteiger partial charge in [0.05, 0.1) is 12.0 Å². The van der Waals surface area contributed by atoms with E-state index in [9.17, 15) is 13.2 Å². The molecule has 0 aromatic heterocycles. The summed E-state index contributed by atoms with van der Waals surface area (Å²) in [7, 11) is -2.19. The summed E-state index contributed by atoms with van der Waals surface area (Å²) in [5.74, 6) is 1.09. The molecule has 9 heteroatoms. The summed E-state index contributed by atoms with van der Waals surface area (Å²) in [5.41, 5.74) is 0.730. The summed E-state index contributed by atoms with van der Waals surface area (Å²) < 4.78 is 32.9. The lowest BCUT2D eigenvalue weighted by molar-refractivity contribution is 0.221. The lowest BCUT2D eigenvalue weighted by Crippen LogP contribution is -2.37. The Hall–Kier alpha value is -2.78. The molecule has 0 bridgehead atoms. The largest absolute Gasteiger partial charge is 0.493 e. The average molecular weight is 365 g/mol. The molecule has 0 aliphatic carbocycles. The smallest absolute Gasteiger partial charge is 0.317 e. The van der Waals surface area contributed by atoms with Gasteiger partial charge in [-0.2, -0.15) is 0 Å². The lowest BCUT2D eigenvalue weighted by atomic mass is 10.2. The number of methoxy groups -OCH3 is 1. The molecule has 0 unspecified atom stereocenters. The minimum Gasteiger partial charge on any atom is -0.493 e. The molecule has 2 aromatic rings. The first-order chi connectivity index (χ1) is 11.9. The molecule has 4 N–H and O–H groups in total. The first-order valence-electron chi connectivity index (χ1n) is 7.29. The first-order valence-corrected chi connectivity index (χ1v) is 8.84. The summed E-state index contributed by atoms with van der Waals surface area (Å²) in [4.78, 5) is 11.8. The molecule has 134 valence electrons. The predicted molar refractivity (Wildman–Crippen MR) is 91.7 cm³/mol. The summed E-state index contributed by atoms with van der Waals surface area (Å²) >= 11 is 0. The average Bonchev–Trinajstić information content (AvgIpc) is 2.60. The van der Waals surface area contributed by atoms with Crippen LogP contribution in [0.2, 0.25) is 0 Å². The monoisotopic (exact) mass is 365 g/mol. The molecule has 2 rings (SSSR count). The van der Waals surface area contributed by atoms with Crippen LogP contribution in [0.1, 0.15) is 5.56 Å². The summed E-state index contributed by atoms with van der Waals surface area (Å²) in [6.07, 6.45) is 0. The fraction of sp³-hybridized carbons (Fsp3) is 0.188. The van der Waals surface area contributed by atoms with Crippen LogP contribution in [-0.2, 0) is 16.6 Å². The zero-order valence-electron chi connectivity index (χ0n) is 13.6. The van der Waals surface area contributed by atoms with Crippen LogP contribution in [0.25, 0.3) is 0 Å². The highest BCUT2D eigenvalue weighted by Crippen LogP contribution is 2.25. The van der Waals surface area contributed by atoms with Crippen molar-refractivity contribution in [3.63, 3.8) is 0 Å². The number of primary sulfonamides is 1. The van der Waals surface area contributed by atoms with Crippen LogP contribution in [0.3, 0.4) is 0 Å². The van der Waals surface area contributed by atoms with Crippen molar-refractivity contribution in [1.29, 1.82) is 0 Å². The SMILES string of the molecule is COc1ccccc1OCNC(=O)NCc1ccc(S(N)(=O)=O)cc1. The second-order valence-corrected chi connectivity index (χ2v) is 6.55. The first kappa shape index (κ1) is 18.6. The topological polar surface area (TPSA) is 120 Å². The molecule has 0 atom stereocenters. The Balaban J connectivity index is 1.77. The van der Waals surface area contributed by atoms with Crippen molar-refractivity contribution < 1.29 is 22.7 Å². The molecule has 0 heterocycles. The van der Waals surface area contributed by atoms with Crippen molar-refractivity contribution in [3.8, 4) is 11.5 Å². The Morgan fingerprint density at radius 1 is 1.04 bits per heavy atom. The fourth-order valence-corrected chi connectivity index (χ4v) is 2.47. The molecule has 0 radical (unpaired) electrons. The quantitative estimate of drug-likeness (QED) is 0.637. The second-order valence-electron chi connectivity index (χ2n) is 4.99. The molecule has 0 spiro atoms. The molecule has 0 saturated carbocycles. The highest BCUT2D eigenvalue weighted by Gasteiger charge is 2.07. The van der Waals surface area contributed by atoms with Gasteiger partial charge in [0, 0.05) is 6.54 Å². The van der Waals surface area contributed by atoms with Gasteiger partial charge in [0.25, 0.3) is 0 Å². The maximum absolute atomic E-state index is 11.7. The van der Waals surface area contributed by atoms with Crippen molar-refractivity contribution in [2.75, 3.05) is 13.8 Å². The number of carbonyl (C=O) groups excluding carboxylic acids is 1. The minimum absolute atomic E-state index is 0.0194. The normalized spacial score (nSPS) is 10.8. The van der Waals surface area contributed by atoms with Crippen molar-refractivity contribution in [2.24, 2.45) is 5.14 Å². The van der Waals surface area contributed by atoms with E-state index in [1.807, 2.05) is 6.07 Å². The fourth-order valence-electron chi connectivity index (χ4n) is 1.96. The van der Waals surface area contributed by atoms with Crippen molar-refractivity contribution in [2.45, 2.75) is 11.4 Å². The van der Waals surface area contributed by atoms with Crippen LogP contribution < -0.4 is 25.2 Å². The van der Waals surface area contributed by atoms with Gasteiger partial charge >= 0.3 is 6.03 Å². The zero-order valence-corrected chi connectivity index (χ0v) is 14.4. The molecule has 0 fully saturated rings. The number of amides is 2. The van der Waals surface area contributed by atoms with Gasteiger partial charge in [-0.05, 0) is 29.8 Å². The van der Waals surface area contributed by atoms with Crippen LogP contribution in [0.4, 0.5) is 4.79 Å². The molecule has 2 amide bonds. The van der Waals surface area contributed by atoms with Gasteiger partial charge in [0.1, 0.15) is 0 Å². The van der Waals surface area contributed by atoms with Crippen LogP contribution in [0, 0.1) is 0 Å². The number of sulfonamides is 1. The number of nitrogens with one attached hydrogen (secondary N) is 2. The van der Waals surface area contributed by atoms with Gasteiger partial charge in [0.15, 0.2) is 18.2 Å². The Morgan fingerprint density at radius 3 is 2.28 bits per heavy atom. The number of urea groups is 1. The van der Waals surface area contributed by atoms with Gasteiger partial charge < -0.3 is 20.1 Å². The molecular formula is C16H19N3O5S. The van der Waals surface area contributed by atoms with E-state index in [4.69, 9.17) is 14.6 Å². The third-order valence-corrected chi connectivity index (χ3v) is 4.16. The third kappa shape index (κ3) is 5.66. The summed E-state index contributed by atoms with van der Waals surface area (Å²) in [6.45, 7) is 0.196. The van der Waals surface area contributed by atoms with Crippen LogP contribution in [0.15, 0.2) is 53.4 Å². The minimum atomic E-state index is -3.72. The number of nitrogens with two attached hydrogens (primary N) is 1. The maximum atomic E-state index is 11.7. The Bertz CT molecular complexity index is 822. The van der Waals surface area contributed by atoms with E-state index >= 15 is 0 Å². The van der Waals surface area contributed by atoms with Gasteiger partial charge in [-0.15, -0.1) is 0 Å². The highest BCUT2D eigenvalue weighted by atomic mass is 32.2. The van der Waals surface area contributed by atoms with Crippen molar-refractivity contribution in [3.05, 3.63) is 54.1 Å². The lowest BCUT2D eigenvalue weighted by Gasteiger charge is -2.12. The predicted octanol–water partition coefficient (Wildman–Crippen LogP) is 1.18.